The van der Waals surface area contributed by atoms with Crippen LogP contribution < -0.4 is 9.64 Å². The maximum absolute atomic E-state index is 12.5. The van der Waals surface area contributed by atoms with Crippen LogP contribution in [-0.2, 0) is 6.54 Å². The van der Waals surface area contributed by atoms with Crippen LogP contribution >= 0.6 is 0 Å². The molecular formula is C18H18N2O3. The molecule has 0 radical (unpaired) electrons. The number of carbonyl (C=O) groups excluding carboxylic acids is 2. The molecule has 0 unspecified atom stereocenters. The fourth-order valence-electron chi connectivity index (χ4n) is 2.72. The van der Waals surface area contributed by atoms with Gasteiger partial charge >= 0.3 is 0 Å². The molecule has 0 saturated heterocycles. The van der Waals surface area contributed by atoms with E-state index in [0.29, 0.717) is 16.9 Å². The van der Waals surface area contributed by atoms with Crippen molar-refractivity contribution < 1.29 is 14.3 Å². The van der Waals surface area contributed by atoms with Crippen LogP contribution in [0.4, 0.5) is 5.69 Å². The zero-order valence-electron chi connectivity index (χ0n) is 13.4. The van der Waals surface area contributed by atoms with Gasteiger partial charge in [0.2, 0.25) is 0 Å². The standard InChI is InChI=1S/C18H18N2O3/c1-19(2)13-8-9-16(23-3)12(10-13)11-20-17(21)14-6-4-5-7-15(14)18(20)22/h4-10H,11H2,1-3H3. The Balaban J connectivity index is 1.96. The predicted octanol–water partition coefficient (Wildman–Crippen LogP) is 2.56. The molecule has 23 heavy (non-hydrogen) atoms. The molecule has 5 heteroatoms. The van der Waals surface area contributed by atoms with E-state index in [0.717, 1.165) is 11.3 Å². The van der Waals surface area contributed by atoms with E-state index in [2.05, 4.69) is 0 Å². The summed E-state index contributed by atoms with van der Waals surface area (Å²) < 4.78 is 5.37. The molecule has 0 N–H and O–H groups in total. The van der Waals surface area contributed by atoms with Gasteiger partial charge in [0.1, 0.15) is 5.75 Å². The molecular weight excluding hydrogens is 292 g/mol. The summed E-state index contributed by atoms with van der Waals surface area (Å²) in [6.45, 7) is 0.192. The molecule has 2 aromatic rings. The fraction of sp³-hybridized carbons (Fsp3) is 0.222. The van der Waals surface area contributed by atoms with Crippen molar-refractivity contribution in [1.29, 1.82) is 0 Å². The van der Waals surface area contributed by atoms with Gasteiger partial charge in [-0.1, -0.05) is 12.1 Å². The predicted molar refractivity (Wildman–Crippen MR) is 88.0 cm³/mol. The molecule has 1 aliphatic heterocycles. The summed E-state index contributed by atoms with van der Waals surface area (Å²) in [5.41, 5.74) is 2.70. The van der Waals surface area contributed by atoms with E-state index in [-0.39, 0.29) is 18.4 Å². The third-order valence-corrected chi connectivity index (χ3v) is 3.99. The Morgan fingerprint density at radius 3 is 2.13 bits per heavy atom. The van der Waals surface area contributed by atoms with Crippen LogP contribution in [-0.4, -0.2) is 37.9 Å². The summed E-state index contributed by atoms with van der Waals surface area (Å²) in [4.78, 5) is 28.2. The summed E-state index contributed by atoms with van der Waals surface area (Å²) in [6.07, 6.45) is 0. The van der Waals surface area contributed by atoms with Gasteiger partial charge in [0.25, 0.3) is 11.8 Å². The number of anilines is 1. The van der Waals surface area contributed by atoms with Crippen molar-refractivity contribution in [3.63, 3.8) is 0 Å². The highest BCUT2D eigenvalue weighted by Crippen LogP contribution is 2.29. The lowest BCUT2D eigenvalue weighted by molar-refractivity contribution is 0.0641. The van der Waals surface area contributed by atoms with Crippen LogP contribution in [0.5, 0.6) is 5.75 Å². The molecule has 0 saturated carbocycles. The highest BCUT2D eigenvalue weighted by molar-refractivity contribution is 6.21. The zero-order valence-corrected chi connectivity index (χ0v) is 13.4. The second kappa shape index (κ2) is 5.76. The fourth-order valence-corrected chi connectivity index (χ4v) is 2.72. The molecule has 5 nitrogen and oxygen atoms in total. The van der Waals surface area contributed by atoms with Gasteiger partial charge in [-0.05, 0) is 30.3 Å². The van der Waals surface area contributed by atoms with Crippen molar-refractivity contribution in [3.8, 4) is 5.75 Å². The van der Waals surface area contributed by atoms with E-state index >= 15 is 0 Å². The number of hydrogen-bond acceptors (Lipinski definition) is 4. The molecule has 0 bridgehead atoms. The van der Waals surface area contributed by atoms with Crippen LogP contribution in [0.2, 0.25) is 0 Å². The van der Waals surface area contributed by atoms with Crippen LogP contribution in [0, 0.1) is 0 Å². The van der Waals surface area contributed by atoms with Gasteiger partial charge < -0.3 is 9.64 Å². The largest absolute Gasteiger partial charge is 0.496 e. The second-order valence-corrected chi connectivity index (χ2v) is 5.63. The first-order valence-electron chi connectivity index (χ1n) is 7.32. The smallest absolute Gasteiger partial charge is 0.261 e. The minimum Gasteiger partial charge on any atom is -0.496 e. The average Bonchev–Trinajstić information content (AvgIpc) is 2.80. The summed E-state index contributed by atoms with van der Waals surface area (Å²) in [5, 5.41) is 0. The molecule has 0 spiro atoms. The number of amides is 2. The van der Waals surface area contributed by atoms with Crippen LogP contribution in [0.15, 0.2) is 42.5 Å². The van der Waals surface area contributed by atoms with Crippen molar-refractivity contribution in [1.82, 2.24) is 4.90 Å². The monoisotopic (exact) mass is 310 g/mol. The number of carbonyl (C=O) groups is 2. The summed E-state index contributed by atoms with van der Waals surface area (Å²) in [5.74, 6) is 0.137. The maximum Gasteiger partial charge on any atom is 0.261 e. The van der Waals surface area contributed by atoms with Gasteiger partial charge in [-0.3, -0.25) is 14.5 Å². The molecule has 1 aliphatic rings. The molecule has 0 fully saturated rings. The highest BCUT2D eigenvalue weighted by Gasteiger charge is 2.35. The molecule has 3 rings (SSSR count). The van der Waals surface area contributed by atoms with Gasteiger partial charge in [0.05, 0.1) is 24.8 Å². The number of ether oxygens (including phenoxy) is 1. The summed E-state index contributed by atoms with van der Waals surface area (Å²) in [7, 11) is 5.46. The average molecular weight is 310 g/mol. The third-order valence-electron chi connectivity index (χ3n) is 3.99. The Bertz CT molecular complexity index is 749. The second-order valence-electron chi connectivity index (χ2n) is 5.63. The van der Waals surface area contributed by atoms with E-state index in [1.54, 1.807) is 31.4 Å². The SMILES string of the molecule is COc1ccc(N(C)C)cc1CN1C(=O)c2ccccc2C1=O. The van der Waals surface area contributed by atoms with Gasteiger partial charge in [0, 0.05) is 25.3 Å². The third kappa shape index (κ3) is 2.54. The van der Waals surface area contributed by atoms with E-state index in [4.69, 9.17) is 4.74 Å². The Kier molecular flexibility index (Phi) is 3.78. The number of benzene rings is 2. The van der Waals surface area contributed by atoms with E-state index < -0.39 is 0 Å². The summed E-state index contributed by atoms with van der Waals surface area (Å²) >= 11 is 0. The molecule has 2 aromatic carbocycles. The quantitative estimate of drug-likeness (QED) is 0.814. The molecule has 118 valence electrons. The normalized spacial score (nSPS) is 13.3. The van der Waals surface area contributed by atoms with Gasteiger partial charge in [-0.25, -0.2) is 0 Å². The van der Waals surface area contributed by atoms with E-state index in [9.17, 15) is 9.59 Å². The number of nitrogens with zero attached hydrogens (tertiary/aromatic N) is 2. The number of hydrogen-bond donors (Lipinski definition) is 0. The molecule has 0 aromatic heterocycles. The van der Waals surface area contributed by atoms with Gasteiger partial charge in [-0.2, -0.15) is 0 Å². The van der Waals surface area contributed by atoms with E-state index in [1.807, 2.05) is 37.2 Å². The Labute approximate surface area is 135 Å². The minimum atomic E-state index is -0.261. The highest BCUT2D eigenvalue weighted by atomic mass is 16.5. The van der Waals surface area contributed by atoms with Crippen LogP contribution in [0.25, 0.3) is 0 Å². The number of methoxy groups -OCH3 is 1. The Morgan fingerprint density at radius 2 is 1.61 bits per heavy atom. The van der Waals surface area contributed by atoms with E-state index in [1.165, 1.54) is 4.90 Å². The molecule has 1 heterocycles. The molecule has 2 amide bonds. The molecule has 0 atom stereocenters. The van der Waals surface area contributed by atoms with Crippen molar-refractivity contribution in [2.45, 2.75) is 6.54 Å². The van der Waals surface area contributed by atoms with Crippen molar-refractivity contribution in [2.24, 2.45) is 0 Å². The van der Waals surface area contributed by atoms with Crippen LogP contribution in [0.3, 0.4) is 0 Å². The van der Waals surface area contributed by atoms with Crippen molar-refractivity contribution in [3.05, 3.63) is 59.2 Å². The van der Waals surface area contributed by atoms with Crippen LogP contribution in [0.1, 0.15) is 26.3 Å². The lowest BCUT2D eigenvalue weighted by Crippen LogP contribution is -2.29. The first-order chi connectivity index (χ1) is 11.0. The lowest BCUT2D eigenvalue weighted by Gasteiger charge is -2.19. The van der Waals surface area contributed by atoms with Crippen molar-refractivity contribution in [2.75, 3.05) is 26.1 Å². The topological polar surface area (TPSA) is 49.9 Å². The zero-order chi connectivity index (χ0) is 16.6. The minimum absolute atomic E-state index is 0.192. The first-order valence-corrected chi connectivity index (χ1v) is 7.32. The first kappa shape index (κ1) is 15.1. The van der Waals surface area contributed by atoms with Gasteiger partial charge in [-0.15, -0.1) is 0 Å². The number of rotatable bonds is 4. The van der Waals surface area contributed by atoms with Crippen molar-refractivity contribution >= 4 is 17.5 Å². The maximum atomic E-state index is 12.5. The molecule has 0 aliphatic carbocycles. The summed E-state index contributed by atoms with van der Waals surface area (Å²) in [6, 6.07) is 12.6. The number of fused-ring (bicyclic) bond motifs is 1. The number of imide groups is 1. The Hall–Kier alpha value is -2.82. The van der Waals surface area contributed by atoms with Gasteiger partial charge in [0.15, 0.2) is 0 Å². The lowest BCUT2D eigenvalue weighted by atomic mass is 10.1. The Morgan fingerprint density at radius 1 is 1.00 bits per heavy atom.